The van der Waals surface area contributed by atoms with Gasteiger partial charge in [0.2, 0.25) is 0 Å². The minimum Gasteiger partial charge on any atom is -0.462 e. The van der Waals surface area contributed by atoms with Crippen LogP contribution in [-0.2, 0) is 28.6 Å². The van der Waals surface area contributed by atoms with Crippen molar-refractivity contribution in [2.75, 3.05) is 13.2 Å². The normalized spacial score (nSPS) is 12.1. The molecule has 0 bridgehead atoms. The molecular formula is C52H100O6. The lowest BCUT2D eigenvalue weighted by molar-refractivity contribution is -0.167. The van der Waals surface area contributed by atoms with Crippen molar-refractivity contribution in [3.8, 4) is 0 Å². The lowest BCUT2D eigenvalue weighted by atomic mass is 10.0. The Bertz CT molecular complexity index is 885. The minimum atomic E-state index is -0.760. The van der Waals surface area contributed by atoms with Crippen molar-refractivity contribution in [1.29, 1.82) is 0 Å². The Labute approximate surface area is 361 Å². The van der Waals surface area contributed by atoms with Gasteiger partial charge in [0.05, 0.1) is 0 Å². The Hall–Kier alpha value is -1.59. The van der Waals surface area contributed by atoms with E-state index in [9.17, 15) is 14.4 Å². The van der Waals surface area contributed by atoms with Gasteiger partial charge in [-0.1, -0.05) is 247 Å². The van der Waals surface area contributed by atoms with E-state index >= 15 is 0 Å². The van der Waals surface area contributed by atoms with Crippen molar-refractivity contribution in [2.45, 2.75) is 291 Å². The Kier molecular flexibility index (Phi) is 43.7. The third kappa shape index (κ3) is 45.5. The first-order chi connectivity index (χ1) is 28.2. The van der Waals surface area contributed by atoms with Crippen LogP contribution in [0.15, 0.2) is 0 Å². The maximum absolute atomic E-state index is 12.8. The first-order valence-corrected chi connectivity index (χ1v) is 25.7. The second-order valence-electron chi connectivity index (χ2n) is 18.8. The van der Waals surface area contributed by atoms with E-state index in [0.29, 0.717) is 19.3 Å². The van der Waals surface area contributed by atoms with Gasteiger partial charge in [0.1, 0.15) is 13.2 Å². The molecule has 344 valence electrons. The minimum absolute atomic E-state index is 0.0640. The second kappa shape index (κ2) is 44.9. The smallest absolute Gasteiger partial charge is 0.306 e. The third-order valence-electron chi connectivity index (χ3n) is 11.7. The summed E-state index contributed by atoms with van der Waals surface area (Å²) in [5.41, 5.74) is 0. The van der Waals surface area contributed by atoms with Crippen LogP contribution in [-0.4, -0.2) is 37.2 Å². The quantitative estimate of drug-likeness (QED) is 0.0346. The lowest BCUT2D eigenvalue weighted by Gasteiger charge is -2.18. The molecule has 0 amide bonds. The summed E-state index contributed by atoms with van der Waals surface area (Å²) in [6.45, 7) is 11.4. The molecule has 0 spiro atoms. The van der Waals surface area contributed by atoms with Crippen LogP contribution in [0.2, 0.25) is 0 Å². The monoisotopic (exact) mass is 821 g/mol. The summed E-state index contributed by atoms with van der Waals surface area (Å²) in [7, 11) is 0. The highest BCUT2D eigenvalue weighted by atomic mass is 16.6. The van der Waals surface area contributed by atoms with Crippen molar-refractivity contribution in [3.63, 3.8) is 0 Å². The summed E-state index contributed by atoms with van der Waals surface area (Å²) in [6, 6.07) is 0. The highest BCUT2D eigenvalue weighted by Crippen LogP contribution is 2.17. The number of unbranched alkanes of at least 4 members (excludes halogenated alkanes) is 31. The third-order valence-corrected chi connectivity index (χ3v) is 11.7. The van der Waals surface area contributed by atoms with Crippen LogP contribution in [0.25, 0.3) is 0 Å². The average molecular weight is 821 g/mol. The fraction of sp³-hybridized carbons (Fsp3) is 0.942. The Balaban J connectivity index is 4.20. The molecule has 0 rings (SSSR count). The summed E-state index contributed by atoms with van der Waals surface area (Å²) in [5, 5.41) is 0. The van der Waals surface area contributed by atoms with Crippen LogP contribution in [0.3, 0.4) is 0 Å². The zero-order chi connectivity index (χ0) is 42.6. The maximum atomic E-state index is 12.8. The van der Waals surface area contributed by atoms with Crippen LogP contribution in [0, 0.1) is 11.8 Å². The van der Waals surface area contributed by atoms with Crippen molar-refractivity contribution in [3.05, 3.63) is 0 Å². The van der Waals surface area contributed by atoms with Crippen molar-refractivity contribution in [1.82, 2.24) is 0 Å². The molecule has 0 radical (unpaired) electrons. The summed E-state index contributed by atoms with van der Waals surface area (Å²) >= 11 is 0. The average Bonchev–Trinajstić information content (AvgIpc) is 3.19. The molecule has 0 fully saturated rings. The van der Waals surface area contributed by atoms with E-state index in [4.69, 9.17) is 14.2 Å². The summed E-state index contributed by atoms with van der Waals surface area (Å²) in [5.74, 6) is 0.829. The maximum Gasteiger partial charge on any atom is 0.306 e. The summed E-state index contributed by atoms with van der Waals surface area (Å²) in [4.78, 5) is 37.8. The van der Waals surface area contributed by atoms with Crippen molar-refractivity contribution in [2.24, 2.45) is 11.8 Å². The highest BCUT2D eigenvalue weighted by Gasteiger charge is 2.19. The molecule has 0 aromatic heterocycles. The molecule has 0 aliphatic heterocycles. The number of rotatable bonds is 46. The molecule has 0 aromatic rings. The molecular weight excluding hydrogens is 721 g/mol. The van der Waals surface area contributed by atoms with Crippen LogP contribution in [0.1, 0.15) is 285 Å². The van der Waals surface area contributed by atoms with Gasteiger partial charge in [-0.2, -0.15) is 0 Å². The largest absolute Gasteiger partial charge is 0.462 e. The van der Waals surface area contributed by atoms with Gasteiger partial charge in [0.15, 0.2) is 6.10 Å². The van der Waals surface area contributed by atoms with Gasteiger partial charge in [0, 0.05) is 19.3 Å². The van der Waals surface area contributed by atoms with Gasteiger partial charge in [-0.25, -0.2) is 0 Å². The fourth-order valence-electron chi connectivity index (χ4n) is 7.81. The fourth-order valence-corrected chi connectivity index (χ4v) is 7.81. The number of esters is 3. The van der Waals surface area contributed by atoms with E-state index in [1.54, 1.807) is 0 Å². The molecule has 0 heterocycles. The Morgan fingerprint density at radius 1 is 0.328 bits per heavy atom. The number of hydrogen-bond donors (Lipinski definition) is 0. The summed E-state index contributed by atoms with van der Waals surface area (Å²) in [6.07, 6.45) is 45.3. The Morgan fingerprint density at radius 3 is 0.845 bits per heavy atom. The number of carbonyl (C=O) groups excluding carboxylic acids is 3. The predicted octanol–water partition coefficient (Wildman–Crippen LogP) is 16.5. The molecule has 1 atom stereocenters. The standard InChI is InChI=1S/C52H100O6/c1-6-7-8-9-25-32-37-42-50(53)56-45-49(46-57-51(54)43-38-33-28-23-19-16-12-14-18-22-27-31-36-41-48(4)5)58-52(55)44-39-34-29-24-20-15-11-10-13-17-21-26-30-35-40-47(2)3/h47-49H,6-46H2,1-5H3/t49-/m1/s1. The van der Waals surface area contributed by atoms with Gasteiger partial charge in [-0.15, -0.1) is 0 Å². The first kappa shape index (κ1) is 56.4. The lowest BCUT2D eigenvalue weighted by Crippen LogP contribution is -2.30. The van der Waals surface area contributed by atoms with Crippen molar-refractivity contribution < 1.29 is 28.6 Å². The van der Waals surface area contributed by atoms with E-state index in [-0.39, 0.29) is 31.1 Å². The van der Waals surface area contributed by atoms with Gasteiger partial charge in [-0.3, -0.25) is 14.4 Å². The number of hydrogen-bond acceptors (Lipinski definition) is 6. The summed E-state index contributed by atoms with van der Waals surface area (Å²) < 4.78 is 16.7. The van der Waals surface area contributed by atoms with E-state index in [1.165, 1.54) is 173 Å². The predicted molar refractivity (Wildman–Crippen MR) is 247 cm³/mol. The number of ether oxygens (including phenoxy) is 3. The van der Waals surface area contributed by atoms with Crippen LogP contribution >= 0.6 is 0 Å². The van der Waals surface area contributed by atoms with Crippen LogP contribution in [0.5, 0.6) is 0 Å². The zero-order valence-corrected chi connectivity index (χ0v) is 39.7. The zero-order valence-electron chi connectivity index (χ0n) is 39.7. The topological polar surface area (TPSA) is 78.9 Å². The molecule has 0 aromatic carbocycles. The van der Waals surface area contributed by atoms with Gasteiger partial charge >= 0.3 is 17.9 Å². The van der Waals surface area contributed by atoms with Gasteiger partial charge in [-0.05, 0) is 31.1 Å². The van der Waals surface area contributed by atoms with E-state index in [1.807, 2.05) is 0 Å². The molecule has 58 heavy (non-hydrogen) atoms. The molecule has 0 aliphatic carbocycles. The van der Waals surface area contributed by atoms with E-state index < -0.39 is 6.10 Å². The second-order valence-corrected chi connectivity index (χ2v) is 18.8. The molecule has 0 saturated heterocycles. The molecule has 0 unspecified atom stereocenters. The first-order valence-electron chi connectivity index (χ1n) is 25.7. The van der Waals surface area contributed by atoms with Crippen molar-refractivity contribution >= 4 is 17.9 Å². The molecule has 0 saturated carbocycles. The van der Waals surface area contributed by atoms with E-state index in [2.05, 4.69) is 34.6 Å². The molecule has 0 aliphatic rings. The van der Waals surface area contributed by atoms with Crippen LogP contribution < -0.4 is 0 Å². The van der Waals surface area contributed by atoms with Crippen LogP contribution in [0.4, 0.5) is 0 Å². The highest BCUT2D eigenvalue weighted by molar-refractivity contribution is 5.71. The number of carbonyl (C=O) groups is 3. The van der Waals surface area contributed by atoms with Gasteiger partial charge in [0.25, 0.3) is 0 Å². The SMILES string of the molecule is CCCCCCCCCC(=O)OC[C@H](COC(=O)CCCCCCCCCCCCCCCC(C)C)OC(=O)CCCCCCCCCCCCCCCCC(C)C. The molecule has 0 N–H and O–H groups in total. The van der Waals surface area contributed by atoms with E-state index in [0.717, 1.165) is 69.6 Å². The Morgan fingerprint density at radius 2 is 0.569 bits per heavy atom. The molecule has 6 nitrogen and oxygen atoms in total. The van der Waals surface area contributed by atoms with Gasteiger partial charge < -0.3 is 14.2 Å². The molecule has 6 heteroatoms.